The summed E-state index contributed by atoms with van der Waals surface area (Å²) in [5, 5.41) is 8.91. The molecule has 0 saturated heterocycles. The molecule has 132 valence electrons. The zero-order valence-electron chi connectivity index (χ0n) is 13.7. The number of allylic oxidation sites excluding steroid dienone is 1. The van der Waals surface area contributed by atoms with Crippen molar-refractivity contribution in [2.75, 3.05) is 6.79 Å². The summed E-state index contributed by atoms with van der Waals surface area (Å²) in [5.74, 6) is 0.751. The first kappa shape index (κ1) is 16.0. The van der Waals surface area contributed by atoms with E-state index in [0.29, 0.717) is 28.6 Å². The Morgan fingerprint density at radius 2 is 1.96 bits per heavy atom. The van der Waals surface area contributed by atoms with E-state index in [1.807, 2.05) is 0 Å². The number of ketones is 1. The van der Waals surface area contributed by atoms with Crippen LogP contribution in [0.2, 0.25) is 0 Å². The largest absolute Gasteiger partial charge is 0.479 e. The van der Waals surface area contributed by atoms with Crippen molar-refractivity contribution in [1.29, 1.82) is 0 Å². The Kier molecular flexibility index (Phi) is 3.76. The molecule has 2 aliphatic rings. The monoisotopic (exact) mass is 354 g/mol. The van der Waals surface area contributed by atoms with E-state index < -0.39 is 12.1 Å². The van der Waals surface area contributed by atoms with Crippen LogP contribution in [-0.4, -0.2) is 29.8 Å². The Labute approximate surface area is 148 Å². The normalized spacial score (nSPS) is 17.0. The smallest absolute Gasteiger partial charge is 0.344 e. The molecule has 7 nitrogen and oxygen atoms in total. The van der Waals surface area contributed by atoms with Crippen molar-refractivity contribution in [3.63, 3.8) is 0 Å². The van der Waals surface area contributed by atoms with Crippen molar-refractivity contribution in [3.8, 4) is 23.0 Å². The zero-order valence-corrected chi connectivity index (χ0v) is 13.7. The summed E-state index contributed by atoms with van der Waals surface area (Å²) < 4.78 is 21.5. The van der Waals surface area contributed by atoms with Gasteiger partial charge in [0.05, 0.1) is 5.56 Å². The predicted octanol–water partition coefficient (Wildman–Crippen LogP) is 2.88. The molecule has 2 aliphatic heterocycles. The van der Waals surface area contributed by atoms with Crippen LogP contribution >= 0.6 is 0 Å². The van der Waals surface area contributed by atoms with Crippen LogP contribution in [0.4, 0.5) is 0 Å². The number of Topliss-reactive ketones (excluding diaryl/α,β-unsaturated/α-hetero) is 1. The van der Waals surface area contributed by atoms with Gasteiger partial charge in [0.2, 0.25) is 12.6 Å². The molecule has 0 spiro atoms. The lowest BCUT2D eigenvalue weighted by Crippen LogP contribution is -2.22. The highest BCUT2D eigenvalue weighted by molar-refractivity contribution is 6.14. The number of carboxylic acid groups (broad SMARTS) is 1. The highest BCUT2D eigenvalue weighted by Gasteiger charge is 2.28. The van der Waals surface area contributed by atoms with Gasteiger partial charge in [0.1, 0.15) is 11.5 Å². The van der Waals surface area contributed by atoms with Crippen LogP contribution in [-0.2, 0) is 4.79 Å². The fraction of sp³-hybridized carbons (Fsp3) is 0.158. The minimum Gasteiger partial charge on any atom is -0.479 e. The topological polar surface area (TPSA) is 91.3 Å². The lowest BCUT2D eigenvalue weighted by Gasteiger charge is -2.10. The third-order valence-corrected chi connectivity index (χ3v) is 4.00. The summed E-state index contributed by atoms with van der Waals surface area (Å²) in [4.78, 5) is 23.4. The number of benzene rings is 2. The molecule has 4 rings (SSSR count). The van der Waals surface area contributed by atoms with Crippen molar-refractivity contribution in [1.82, 2.24) is 0 Å². The molecule has 2 aromatic carbocycles. The van der Waals surface area contributed by atoms with E-state index in [9.17, 15) is 9.59 Å². The van der Waals surface area contributed by atoms with Crippen LogP contribution in [0.1, 0.15) is 22.8 Å². The van der Waals surface area contributed by atoms with Crippen LogP contribution < -0.4 is 18.9 Å². The van der Waals surface area contributed by atoms with Crippen molar-refractivity contribution in [2.24, 2.45) is 0 Å². The first-order valence-electron chi connectivity index (χ1n) is 7.88. The van der Waals surface area contributed by atoms with Gasteiger partial charge >= 0.3 is 5.97 Å². The van der Waals surface area contributed by atoms with Gasteiger partial charge in [0.25, 0.3) is 0 Å². The Hall–Kier alpha value is -3.48. The molecule has 1 atom stereocenters. The van der Waals surface area contributed by atoms with Crippen LogP contribution in [0.15, 0.2) is 42.2 Å². The Morgan fingerprint density at radius 3 is 2.77 bits per heavy atom. The van der Waals surface area contributed by atoms with Gasteiger partial charge in [-0.2, -0.15) is 0 Å². The maximum atomic E-state index is 12.5. The van der Waals surface area contributed by atoms with Crippen LogP contribution in [0, 0.1) is 0 Å². The number of ether oxygens (including phenoxy) is 4. The van der Waals surface area contributed by atoms with E-state index in [-0.39, 0.29) is 18.3 Å². The number of fused-ring (bicyclic) bond motifs is 2. The highest BCUT2D eigenvalue weighted by Crippen LogP contribution is 2.37. The molecule has 0 fully saturated rings. The van der Waals surface area contributed by atoms with Gasteiger partial charge in [0.15, 0.2) is 23.4 Å². The first-order valence-corrected chi connectivity index (χ1v) is 7.88. The van der Waals surface area contributed by atoms with E-state index in [2.05, 4.69) is 0 Å². The first-order chi connectivity index (χ1) is 12.5. The maximum Gasteiger partial charge on any atom is 0.344 e. The van der Waals surface area contributed by atoms with Crippen LogP contribution in [0.3, 0.4) is 0 Å². The lowest BCUT2D eigenvalue weighted by molar-refractivity contribution is -0.144. The molecule has 2 aromatic rings. The summed E-state index contributed by atoms with van der Waals surface area (Å²) in [7, 11) is 0. The van der Waals surface area contributed by atoms with Crippen molar-refractivity contribution >= 4 is 17.8 Å². The molecule has 0 radical (unpaired) electrons. The van der Waals surface area contributed by atoms with Gasteiger partial charge in [-0.15, -0.1) is 0 Å². The molecule has 2 heterocycles. The second-order valence-electron chi connectivity index (χ2n) is 5.81. The minimum absolute atomic E-state index is 0.169. The fourth-order valence-corrected chi connectivity index (χ4v) is 2.65. The molecule has 0 saturated carbocycles. The number of carbonyl (C=O) groups excluding carboxylic acids is 1. The quantitative estimate of drug-likeness (QED) is 0.844. The van der Waals surface area contributed by atoms with E-state index in [1.54, 1.807) is 36.4 Å². The lowest BCUT2D eigenvalue weighted by atomic mass is 10.1. The maximum absolute atomic E-state index is 12.5. The minimum atomic E-state index is -1.08. The second-order valence-corrected chi connectivity index (χ2v) is 5.81. The highest BCUT2D eigenvalue weighted by atomic mass is 16.7. The molecule has 1 unspecified atom stereocenters. The molecular weight excluding hydrogens is 340 g/mol. The second kappa shape index (κ2) is 6.11. The molecule has 0 bridgehead atoms. The summed E-state index contributed by atoms with van der Waals surface area (Å²) in [6.45, 7) is 1.60. The Bertz CT molecular complexity index is 945. The average molecular weight is 354 g/mol. The molecule has 0 aliphatic carbocycles. The van der Waals surface area contributed by atoms with Gasteiger partial charge < -0.3 is 24.1 Å². The fourth-order valence-electron chi connectivity index (χ4n) is 2.65. The summed E-state index contributed by atoms with van der Waals surface area (Å²) in [6.07, 6.45) is 0.610. The van der Waals surface area contributed by atoms with Crippen LogP contribution in [0.5, 0.6) is 23.0 Å². The molecule has 0 amide bonds. The van der Waals surface area contributed by atoms with Crippen LogP contribution in [0.25, 0.3) is 6.08 Å². The number of hydrogen-bond donors (Lipinski definition) is 1. The number of carbonyl (C=O) groups is 2. The SMILES string of the molecule is CC(Oc1ccc2c(c1)OC(=Cc1ccc3c(c1)OCO3)C2=O)C(=O)O. The predicted molar refractivity (Wildman–Crippen MR) is 89.7 cm³/mol. The van der Waals surface area contributed by atoms with Crippen molar-refractivity contribution in [3.05, 3.63) is 53.3 Å². The van der Waals surface area contributed by atoms with Gasteiger partial charge in [-0.25, -0.2) is 4.79 Å². The molecule has 0 aromatic heterocycles. The van der Waals surface area contributed by atoms with E-state index in [4.69, 9.17) is 24.1 Å². The number of rotatable bonds is 4. The number of carboxylic acids is 1. The molecular formula is C19H14O7. The summed E-state index contributed by atoms with van der Waals surface area (Å²) in [5.41, 5.74) is 1.13. The summed E-state index contributed by atoms with van der Waals surface area (Å²) in [6, 6.07) is 9.93. The standard InChI is InChI=1S/C19H14O7/c1-10(19(21)22)25-12-3-4-13-15(8-12)26-17(18(13)20)7-11-2-5-14-16(6-11)24-9-23-14/h2-8,10H,9H2,1H3,(H,21,22). The third kappa shape index (κ3) is 2.83. The van der Waals surface area contributed by atoms with E-state index >= 15 is 0 Å². The molecule has 1 N–H and O–H groups in total. The number of aliphatic carboxylic acids is 1. The third-order valence-electron chi connectivity index (χ3n) is 4.00. The zero-order chi connectivity index (χ0) is 18.3. The van der Waals surface area contributed by atoms with Crippen molar-refractivity contribution in [2.45, 2.75) is 13.0 Å². The van der Waals surface area contributed by atoms with Gasteiger partial charge in [-0.3, -0.25) is 4.79 Å². The Balaban J connectivity index is 1.58. The average Bonchev–Trinajstić information content (AvgIpc) is 3.19. The van der Waals surface area contributed by atoms with Gasteiger partial charge in [-0.05, 0) is 42.8 Å². The number of hydrogen-bond acceptors (Lipinski definition) is 6. The Morgan fingerprint density at radius 1 is 1.15 bits per heavy atom. The molecule has 7 heteroatoms. The van der Waals surface area contributed by atoms with Crippen molar-refractivity contribution < 1.29 is 33.6 Å². The molecule has 26 heavy (non-hydrogen) atoms. The van der Waals surface area contributed by atoms with E-state index in [0.717, 1.165) is 5.56 Å². The van der Waals surface area contributed by atoms with Gasteiger partial charge in [0, 0.05) is 6.07 Å². The summed E-state index contributed by atoms with van der Waals surface area (Å²) >= 11 is 0. The van der Waals surface area contributed by atoms with Gasteiger partial charge in [-0.1, -0.05) is 6.07 Å². The van der Waals surface area contributed by atoms with E-state index in [1.165, 1.54) is 13.0 Å².